The zero-order chi connectivity index (χ0) is 7.98. The Morgan fingerprint density at radius 2 is 2.00 bits per heavy atom. The molecule has 0 bridgehead atoms. The van der Waals surface area contributed by atoms with Crippen LogP contribution in [0.4, 0.5) is 0 Å². The van der Waals surface area contributed by atoms with E-state index in [1.807, 2.05) is 0 Å². The molecule has 0 amide bonds. The molecule has 0 fully saturated rings. The number of rotatable bonds is 5. The summed E-state index contributed by atoms with van der Waals surface area (Å²) >= 11 is 0. The quantitative estimate of drug-likeness (QED) is 0.354. The first-order valence-corrected chi connectivity index (χ1v) is 3.37. The molecule has 5 N–H and O–H groups in total. The Balaban J connectivity index is 0. The van der Waals surface area contributed by atoms with Gasteiger partial charge in [0.25, 0.3) is 0 Å². The van der Waals surface area contributed by atoms with E-state index in [9.17, 15) is 4.79 Å². The monoisotopic (exact) mass is 153 g/mol. The van der Waals surface area contributed by atoms with Crippen molar-refractivity contribution in [1.29, 1.82) is 0 Å². The topological polar surface area (TPSA) is 89.3 Å². The third-order valence-corrected chi connectivity index (χ3v) is 1.29. The second-order valence-corrected chi connectivity index (χ2v) is 2.23. The molecule has 0 aliphatic heterocycles. The third-order valence-electron chi connectivity index (χ3n) is 1.29. The Kier molecular flexibility index (Phi) is 9.98. The molecule has 0 aliphatic rings. The van der Waals surface area contributed by atoms with E-state index in [0.29, 0.717) is 13.0 Å². The SMILES string of the molecule is NCCCC[C@H](N)C(=O)O.[Li]. The summed E-state index contributed by atoms with van der Waals surface area (Å²) in [6.07, 6.45) is 2.16. The molecule has 1 atom stereocenters. The summed E-state index contributed by atoms with van der Waals surface area (Å²) in [5, 5.41) is 8.33. The summed E-state index contributed by atoms with van der Waals surface area (Å²) in [5.74, 6) is -0.933. The van der Waals surface area contributed by atoms with Crippen LogP contribution in [-0.4, -0.2) is 42.5 Å². The summed E-state index contributed by atoms with van der Waals surface area (Å²) in [4.78, 5) is 10.1. The molecule has 0 aliphatic carbocycles. The molecule has 0 aromatic heterocycles. The number of carboxylic acids is 1. The normalized spacial score (nSPS) is 11.8. The minimum atomic E-state index is -0.933. The standard InChI is InChI=1S/C6H14N2O2.Li/c7-4-2-1-3-5(8)6(9)10;/h5H,1-4,7-8H2,(H,9,10);/t5-;/m0./s1. The molecule has 0 aromatic carbocycles. The van der Waals surface area contributed by atoms with Crippen molar-refractivity contribution >= 4 is 24.8 Å². The molecule has 1 radical (unpaired) electrons. The molecule has 0 rings (SSSR count). The summed E-state index contributed by atoms with van der Waals surface area (Å²) in [7, 11) is 0. The first-order chi connectivity index (χ1) is 4.68. The first-order valence-electron chi connectivity index (χ1n) is 3.37. The molecule has 0 saturated heterocycles. The molecular formula is C6H14LiN2O2. The fourth-order valence-corrected chi connectivity index (χ4v) is 0.632. The van der Waals surface area contributed by atoms with Crippen LogP contribution in [0.1, 0.15) is 19.3 Å². The van der Waals surface area contributed by atoms with Gasteiger partial charge in [0.2, 0.25) is 0 Å². The van der Waals surface area contributed by atoms with E-state index in [-0.39, 0.29) is 18.9 Å². The fraction of sp³-hybridized carbons (Fsp3) is 0.833. The van der Waals surface area contributed by atoms with E-state index in [0.717, 1.165) is 12.8 Å². The van der Waals surface area contributed by atoms with Gasteiger partial charge in [0.1, 0.15) is 6.04 Å². The van der Waals surface area contributed by atoms with Crippen LogP contribution < -0.4 is 11.5 Å². The van der Waals surface area contributed by atoms with Gasteiger partial charge in [-0.05, 0) is 19.4 Å². The molecule has 0 spiro atoms. The largest absolute Gasteiger partial charge is 0.480 e. The van der Waals surface area contributed by atoms with Crippen LogP contribution >= 0.6 is 0 Å². The zero-order valence-electron chi connectivity index (χ0n) is 6.92. The van der Waals surface area contributed by atoms with E-state index in [1.54, 1.807) is 0 Å². The third kappa shape index (κ3) is 7.89. The average Bonchev–Trinajstić information content (AvgIpc) is 1.88. The van der Waals surface area contributed by atoms with Crippen molar-refractivity contribution in [3.63, 3.8) is 0 Å². The van der Waals surface area contributed by atoms with Crippen LogP contribution in [0.15, 0.2) is 0 Å². The number of carboxylic acid groups (broad SMARTS) is 1. The van der Waals surface area contributed by atoms with Crippen molar-refractivity contribution in [3.05, 3.63) is 0 Å². The number of hydrogen-bond donors (Lipinski definition) is 3. The van der Waals surface area contributed by atoms with Crippen molar-refractivity contribution < 1.29 is 9.90 Å². The maximum absolute atomic E-state index is 10.1. The molecule has 0 saturated carbocycles. The first kappa shape index (κ1) is 13.6. The van der Waals surface area contributed by atoms with Gasteiger partial charge in [-0.25, -0.2) is 0 Å². The van der Waals surface area contributed by atoms with Crippen molar-refractivity contribution in [2.24, 2.45) is 11.5 Å². The Morgan fingerprint density at radius 3 is 2.36 bits per heavy atom. The minimum absolute atomic E-state index is 0. The summed E-state index contributed by atoms with van der Waals surface area (Å²) in [6.45, 7) is 0.604. The van der Waals surface area contributed by atoms with Gasteiger partial charge in [0, 0.05) is 18.9 Å². The Morgan fingerprint density at radius 1 is 1.45 bits per heavy atom. The predicted octanol–water partition coefficient (Wildman–Crippen LogP) is -0.853. The number of hydrogen-bond acceptors (Lipinski definition) is 3. The molecular weight excluding hydrogens is 139 g/mol. The van der Waals surface area contributed by atoms with Crippen molar-refractivity contribution in [2.45, 2.75) is 25.3 Å². The maximum atomic E-state index is 10.1. The Bertz CT molecular complexity index is 111. The zero-order valence-corrected chi connectivity index (χ0v) is 6.92. The number of aliphatic carboxylic acids is 1. The molecule has 11 heavy (non-hydrogen) atoms. The number of nitrogens with two attached hydrogens (primary N) is 2. The van der Waals surface area contributed by atoms with Crippen LogP contribution in [0.2, 0.25) is 0 Å². The van der Waals surface area contributed by atoms with E-state index in [4.69, 9.17) is 16.6 Å². The average molecular weight is 153 g/mol. The fourth-order valence-electron chi connectivity index (χ4n) is 0.632. The van der Waals surface area contributed by atoms with Gasteiger partial charge in [0.05, 0.1) is 0 Å². The Labute approximate surface area is 78.5 Å². The van der Waals surface area contributed by atoms with Crippen molar-refractivity contribution in [1.82, 2.24) is 0 Å². The second-order valence-electron chi connectivity index (χ2n) is 2.23. The minimum Gasteiger partial charge on any atom is -0.480 e. The van der Waals surface area contributed by atoms with Crippen LogP contribution in [0.5, 0.6) is 0 Å². The smallest absolute Gasteiger partial charge is 0.320 e. The Hall–Kier alpha value is -0.0126. The van der Waals surface area contributed by atoms with Gasteiger partial charge in [0.15, 0.2) is 0 Å². The van der Waals surface area contributed by atoms with Crippen molar-refractivity contribution in [3.8, 4) is 0 Å². The van der Waals surface area contributed by atoms with Crippen molar-refractivity contribution in [2.75, 3.05) is 6.54 Å². The van der Waals surface area contributed by atoms with Gasteiger partial charge in [-0.2, -0.15) is 0 Å². The van der Waals surface area contributed by atoms with E-state index < -0.39 is 12.0 Å². The summed E-state index contributed by atoms with van der Waals surface area (Å²) < 4.78 is 0. The molecule has 0 heterocycles. The number of carbonyl (C=O) groups is 1. The maximum Gasteiger partial charge on any atom is 0.320 e. The van der Waals surface area contributed by atoms with Gasteiger partial charge >= 0.3 is 5.97 Å². The van der Waals surface area contributed by atoms with Gasteiger partial charge in [-0.15, -0.1) is 0 Å². The van der Waals surface area contributed by atoms with Gasteiger partial charge in [-0.3, -0.25) is 4.79 Å². The van der Waals surface area contributed by atoms with E-state index in [2.05, 4.69) is 0 Å². The van der Waals surface area contributed by atoms with E-state index in [1.165, 1.54) is 0 Å². The molecule has 0 aromatic rings. The molecule has 61 valence electrons. The molecule has 5 heteroatoms. The van der Waals surface area contributed by atoms with E-state index >= 15 is 0 Å². The summed E-state index contributed by atoms with van der Waals surface area (Å²) in [5.41, 5.74) is 10.4. The molecule has 0 unspecified atom stereocenters. The van der Waals surface area contributed by atoms with Crippen LogP contribution in [0.25, 0.3) is 0 Å². The summed E-state index contributed by atoms with van der Waals surface area (Å²) in [6, 6.07) is -0.716. The van der Waals surface area contributed by atoms with Gasteiger partial charge in [-0.1, -0.05) is 6.42 Å². The van der Waals surface area contributed by atoms with Crippen LogP contribution in [-0.2, 0) is 4.79 Å². The van der Waals surface area contributed by atoms with Crippen LogP contribution in [0, 0.1) is 0 Å². The number of unbranched alkanes of at least 4 members (excludes halogenated alkanes) is 1. The van der Waals surface area contributed by atoms with Crippen LogP contribution in [0.3, 0.4) is 0 Å². The molecule has 4 nitrogen and oxygen atoms in total. The van der Waals surface area contributed by atoms with Gasteiger partial charge < -0.3 is 16.6 Å². The second kappa shape index (κ2) is 8.09. The predicted molar refractivity (Wildman–Crippen MR) is 44.3 cm³/mol.